The third-order valence-corrected chi connectivity index (χ3v) is 4.94. The minimum Gasteiger partial charge on any atom is -0.379 e. The van der Waals surface area contributed by atoms with Crippen molar-refractivity contribution in [3.05, 3.63) is 30.1 Å². The quantitative estimate of drug-likeness (QED) is 0.259. The molecule has 2 aliphatic rings. The highest BCUT2D eigenvalue weighted by atomic mass is 127. The summed E-state index contributed by atoms with van der Waals surface area (Å²) in [6.07, 6.45) is 4.38. The Labute approximate surface area is 184 Å². The molecule has 1 atom stereocenters. The van der Waals surface area contributed by atoms with Gasteiger partial charge in [0.05, 0.1) is 25.3 Å². The predicted octanol–water partition coefficient (Wildman–Crippen LogP) is 0.801. The van der Waals surface area contributed by atoms with Crippen molar-refractivity contribution in [1.29, 1.82) is 0 Å². The molecular weight excluding hydrogens is 471 g/mol. The monoisotopic (exact) mass is 502 g/mol. The number of carbonyl (C=O) groups is 1. The number of hydrogen-bond donors (Lipinski definition) is 2. The second-order valence-electron chi connectivity index (χ2n) is 6.77. The maximum absolute atomic E-state index is 12.0. The van der Waals surface area contributed by atoms with E-state index >= 15 is 0 Å². The maximum Gasteiger partial charge on any atom is 0.252 e. The summed E-state index contributed by atoms with van der Waals surface area (Å²) in [7, 11) is 0. The van der Waals surface area contributed by atoms with Crippen molar-refractivity contribution in [2.24, 2.45) is 4.99 Å². The number of carbonyl (C=O) groups excluding carboxylic acids is 1. The number of amides is 1. The number of halogens is 1. The number of aromatic nitrogens is 1. The van der Waals surface area contributed by atoms with Crippen LogP contribution in [0, 0.1) is 0 Å². The fourth-order valence-corrected chi connectivity index (χ4v) is 3.53. The Morgan fingerprint density at radius 1 is 1.32 bits per heavy atom. The van der Waals surface area contributed by atoms with Gasteiger partial charge in [0.1, 0.15) is 0 Å². The molecule has 2 fully saturated rings. The first kappa shape index (κ1) is 22.8. The summed E-state index contributed by atoms with van der Waals surface area (Å²) in [4.78, 5) is 25.6. The number of rotatable bonds is 6. The highest BCUT2D eigenvalue weighted by Crippen LogP contribution is 2.17. The van der Waals surface area contributed by atoms with Crippen LogP contribution in [-0.2, 0) is 4.74 Å². The highest BCUT2D eigenvalue weighted by molar-refractivity contribution is 14.0. The van der Waals surface area contributed by atoms with Gasteiger partial charge in [0.15, 0.2) is 5.96 Å². The molecule has 0 aliphatic carbocycles. The zero-order valence-electron chi connectivity index (χ0n) is 16.5. The number of nitrogens with zero attached hydrogens (tertiary/aromatic N) is 4. The number of ether oxygens (including phenoxy) is 1. The Kier molecular flexibility index (Phi) is 9.93. The van der Waals surface area contributed by atoms with Gasteiger partial charge >= 0.3 is 0 Å². The topological polar surface area (TPSA) is 82.1 Å². The van der Waals surface area contributed by atoms with Gasteiger partial charge in [-0.25, -0.2) is 0 Å². The lowest BCUT2D eigenvalue weighted by Gasteiger charge is -2.32. The molecule has 9 heteroatoms. The van der Waals surface area contributed by atoms with Crippen molar-refractivity contribution >= 4 is 35.8 Å². The third-order valence-electron chi connectivity index (χ3n) is 4.94. The van der Waals surface area contributed by atoms with Gasteiger partial charge in [-0.05, 0) is 25.5 Å². The second-order valence-corrected chi connectivity index (χ2v) is 6.77. The van der Waals surface area contributed by atoms with Gasteiger partial charge in [-0.15, -0.1) is 24.0 Å². The van der Waals surface area contributed by atoms with E-state index in [-0.39, 0.29) is 29.9 Å². The lowest BCUT2D eigenvalue weighted by Crippen LogP contribution is -2.46. The molecule has 3 heterocycles. The minimum absolute atomic E-state index is 0. The SMILES string of the molecule is CCNC(=NCCNC(=O)c1cccnc1)N1CCC(N2CCOCC2)C1.I. The molecule has 8 nitrogen and oxygen atoms in total. The molecule has 156 valence electrons. The van der Waals surface area contributed by atoms with Gasteiger partial charge in [0, 0.05) is 57.7 Å². The van der Waals surface area contributed by atoms with Crippen molar-refractivity contribution in [2.75, 3.05) is 59.0 Å². The van der Waals surface area contributed by atoms with Gasteiger partial charge in [0.25, 0.3) is 5.91 Å². The van der Waals surface area contributed by atoms with Crippen LogP contribution >= 0.6 is 24.0 Å². The second kappa shape index (κ2) is 12.2. The van der Waals surface area contributed by atoms with Gasteiger partial charge in [0.2, 0.25) is 0 Å². The molecule has 0 aromatic carbocycles. The first-order valence-electron chi connectivity index (χ1n) is 9.81. The van der Waals surface area contributed by atoms with Crippen LogP contribution < -0.4 is 10.6 Å². The lowest BCUT2D eigenvalue weighted by molar-refractivity contribution is 0.0195. The Bertz CT molecular complexity index is 624. The van der Waals surface area contributed by atoms with Gasteiger partial charge in [-0.1, -0.05) is 0 Å². The summed E-state index contributed by atoms with van der Waals surface area (Å²) >= 11 is 0. The maximum atomic E-state index is 12.0. The van der Waals surface area contributed by atoms with Gasteiger partial charge in [-0.2, -0.15) is 0 Å². The summed E-state index contributed by atoms with van der Waals surface area (Å²) in [6.45, 7) is 9.68. The Balaban J connectivity index is 0.00000280. The molecule has 1 unspecified atom stereocenters. The molecular formula is C19H31IN6O2. The molecule has 1 amide bonds. The smallest absolute Gasteiger partial charge is 0.252 e. The van der Waals surface area contributed by atoms with Crippen LogP contribution in [0.2, 0.25) is 0 Å². The van der Waals surface area contributed by atoms with E-state index in [0.29, 0.717) is 24.7 Å². The molecule has 1 aromatic rings. The average Bonchev–Trinajstić information content (AvgIpc) is 3.21. The molecule has 1 aromatic heterocycles. The fraction of sp³-hybridized carbons (Fsp3) is 0.632. The van der Waals surface area contributed by atoms with Crippen LogP contribution in [0.5, 0.6) is 0 Å². The largest absolute Gasteiger partial charge is 0.379 e. The Hall–Kier alpha value is -1.46. The molecule has 2 N–H and O–H groups in total. The predicted molar refractivity (Wildman–Crippen MR) is 120 cm³/mol. The number of nitrogens with one attached hydrogen (secondary N) is 2. The summed E-state index contributed by atoms with van der Waals surface area (Å²) < 4.78 is 5.46. The molecule has 2 aliphatic heterocycles. The van der Waals surface area contributed by atoms with Crippen LogP contribution in [0.25, 0.3) is 0 Å². The zero-order valence-corrected chi connectivity index (χ0v) is 18.8. The average molecular weight is 502 g/mol. The third kappa shape index (κ3) is 6.56. The molecule has 0 spiro atoms. The van der Waals surface area contributed by atoms with Gasteiger partial charge in [-0.3, -0.25) is 19.7 Å². The van der Waals surface area contributed by atoms with Crippen LogP contribution in [0.15, 0.2) is 29.5 Å². The first-order chi connectivity index (χ1) is 13.3. The molecule has 0 saturated carbocycles. The number of aliphatic imine (C=N–C) groups is 1. The molecule has 2 saturated heterocycles. The van der Waals surface area contributed by atoms with E-state index < -0.39 is 0 Å². The Morgan fingerprint density at radius 3 is 2.86 bits per heavy atom. The summed E-state index contributed by atoms with van der Waals surface area (Å²) in [5.74, 6) is 0.820. The van der Waals surface area contributed by atoms with Crippen LogP contribution in [0.1, 0.15) is 23.7 Å². The number of hydrogen-bond acceptors (Lipinski definition) is 5. The van der Waals surface area contributed by atoms with Crippen LogP contribution in [0.4, 0.5) is 0 Å². The molecule has 28 heavy (non-hydrogen) atoms. The van der Waals surface area contributed by atoms with Crippen molar-refractivity contribution in [3.8, 4) is 0 Å². The van der Waals surface area contributed by atoms with E-state index in [0.717, 1.165) is 58.3 Å². The van der Waals surface area contributed by atoms with E-state index in [2.05, 4.69) is 32.3 Å². The highest BCUT2D eigenvalue weighted by Gasteiger charge is 2.30. The number of morpholine rings is 1. The van der Waals surface area contributed by atoms with E-state index in [9.17, 15) is 4.79 Å². The molecule has 3 rings (SSSR count). The van der Waals surface area contributed by atoms with Crippen LogP contribution in [-0.4, -0.2) is 91.7 Å². The van der Waals surface area contributed by atoms with Crippen molar-refractivity contribution < 1.29 is 9.53 Å². The number of likely N-dealkylation sites (tertiary alicyclic amines) is 1. The molecule has 0 radical (unpaired) electrons. The van der Waals surface area contributed by atoms with Crippen LogP contribution in [0.3, 0.4) is 0 Å². The van der Waals surface area contributed by atoms with E-state index in [4.69, 9.17) is 9.73 Å². The van der Waals surface area contributed by atoms with E-state index in [1.54, 1.807) is 24.5 Å². The van der Waals surface area contributed by atoms with Crippen molar-refractivity contribution in [1.82, 2.24) is 25.4 Å². The lowest BCUT2D eigenvalue weighted by atomic mass is 10.2. The molecule has 0 bridgehead atoms. The fourth-order valence-electron chi connectivity index (χ4n) is 3.53. The normalized spacial score (nSPS) is 20.5. The standard InChI is InChI=1S/C19H30N6O2.HI/c1-2-21-19(23-8-7-22-18(26)16-4-3-6-20-14-16)25-9-5-17(15-25)24-10-12-27-13-11-24;/h3-4,6,14,17H,2,5,7-13,15H2,1H3,(H,21,23)(H,22,26);1H. The first-order valence-corrected chi connectivity index (χ1v) is 9.81. The van der Waals surface area contributed by atoms with Crippen molar-refractivity contribution in [3.63, 3.8) is 0 Å². The van der Waals surface area contributed by atoms with Gasteiger partial charge < -0.3 is 20.3 Å². The Morgan fingerprint density at radius 2 is 2.14 bits per heavy atom. The van der Waals surface area contributed by atoms with E-state index in [1.807, 2.05) is 0 Å². The summed E-state index contributed by atoms with van der Waals surface area (Å²) in [6, 6.07) is 4.09. The minimum atomic E-state index is -0.114. The number of guanidine groups is 1. The zero-order chi connectivity index (χ0) is 18.9. The van der Waals surface area contributed by atoms with Crippen molar-refractivity contribution in [2.45, 2.75) is 19.4 Å². The summed E-state index contributed by atoms with van der Waals surface area (Å²) in [5.41, 5.74) is 0.571. The van der Waals surface area contributed by atoms with E-state index in [1.165, 1.54) is 0 Å². The summed E-state index contributed by atoms with van der Waals surface area (Å²) in [5, 5.41) is 6.27. The number of pyridine rings is 1.